The van der Waals surface area contributed by atoms with Crippen LogP contribution in [0.2, 0.25) is 5.02 Å². The van der Waals surface area contributed by atoms with Crippen molar-refractivity contribution in [1.82, 2.24) is 0 Å². The third-order valence-electron chi connectivity index (χ3n) is 3.12. The molecule has 1 atom stereocenters. The van der Waals surface area contributed by atoms with Crippen molar-refractivity contribution < 1.29 is 9.53 Å². The van der Waals surface area contributed by atoms with E-state index in [1.807, 2.05) is 11.8 Å². The fraction of sp³-hybridized carbons (Fsp3) is 0.462. The first-order chi connectivity index (χ1) is 8.99. The second-order valence-electron chi connectivity index (χ2n) is 4.74. The van der Waals surface area contributed by atoms with Crippen molar-refractivity contribution in [3.05, 3.63) is 22.7 Å². The molecule has 4 N–H and O–H groups in total. The Kier molecular flexibility index (Phi) is 4.17. The fourth-order valence-electron chi connectivity index (χ4n) is 2.33. The van der Waals surface area contributed by atoms with E-state index in [1.54, 1.807) is 12.1 Å². The van der Waals surface area contributed by atoms with Gasteiger partial charge in [0.05, 0.1) is 22.4 Å². The Morgan fingerprint density at radius 3 is 2.95 bits per heavy atom. The lowest BCUT2D eigenvalue weighted by molar-refractivity contribution is 0.0820. The maximum Gasteiger partial charge on any atom is 0.250 e. The minimum absolute atomic E-state index is 0.0804. The van der Waals surface area contributed by atoms with Crippen molar-refractivity contribution in [1.29, 1.82) is 0 Å². The fourth-order valence-corrected chi connectivity index (χ4v) is 2.67. The number of carbonyl (C=O) groups excluding carboxylic acids is 1. The van der Waals surface area contributed by atoms with Gasteiger partial charge in [-0.25, -0.2) is 0 Å². The summed E-state index contributed by atoms with van der Waals surface area (Å²) in [6, 6.07) is 3.21. The molecule has 1 fully saturated rings. The van der Waals surface area contributed by atoms with Gasteiger partial charge in [0, 0.05) is 25.4 Å². The minimum Gasteiger partial charge on any atom is -0.399 e. The first kappa shape index (κ1) is 14.0. The van der Waals surface area contributed by atoms with Gasteiger partial charge in [-0.05, 0) is 25.5 Å². The maximum absolute atomic E-state index is 11.6. The molecule has 19 heavy (non-hydrogen) atoms. The molecule has 0 bridgehead atoms. The molecule has 104 valence electrons. The van der Waals surface area contributed by atoms with Crippen LogP contribution in [-0.4, -0.2) is 31.7 Å². The van der Waals surface area contributed by atoms with Crippen LogP contribution in [0.3, 0.4) is 0 Å². The zero-order chi connectivity index (χ0) is 14.0. The average molecular weight is 284 g/mol. The molecule has 0 spiro atoms. The Morgan fingerprint density at radius 2 is 2.26 bits per heavy atom. The van der Waals surface area contributed by atoms with Crippen LogP contribution in [0.25, 0.3) is 0 Å². The summed E-state index contributed by atoms with van der Waals surface area (Å²) in [6.07, 6.45) is 0.959. The Balaban J connectivity index is 2.44. The van der Waals surface area contributed by atoms with Gasteiger partial charge in [-0.3, -0.25) is 4.79 Å². The lowest BCUT2D eigenvalue weighted by Crippen LogP contribution is -2.32. The normalized spacial score (nSPS) is 20.1. The van der Waals surface area contributed by atoms with Gasteiger partial charge in [-0.15, -0.1) is 0 Å². The van der Waals surface area contributed by atoms with Gasteiger partial charge < -0.3 is 21.1 Å². The van der Waals surface area contributed by atoms with E-state index in [2.05, 4.69) is 0 Å². The van der Waals surface area contributed by atoms with Crippen molar-refractivity contribution in [3.63, 3.8) is 0 Å². The van der Waals surface area contributed by atoms with Crippen molar-refractivity contribution in [3.8, 4) is 0 Å². The molecule has 1 heterocycles. The molecule has 2 rings (SSSR count). The van der Waals surface area contributed by atoms with Crippen LogP contribution in [0, 0.1) is 0 Å². The number of primary amides is 1. The van der Waals surface area contributed by atoms with Gasteiger partial charge in [0.25, 0.3) is 5.91 Å². The molecule has 1 amide bonds. The minimum atomic E-state index is -0.526. The standard InChI is InChI=1S/C13H18ClN3O2/c1-8-7-17(3-2-4-19-8)12-10(13(16)18)5-9(15)6-11(12)14/h5-6,8H,2-4,7,15H2,1H3,(H2,16,18). The zero-order valence-corrected chi connectivity index (χ0v) is 11.6. The number of nitrogens with two attached hydrogens (primary N) is 2. The highest BCUT2D eigenvalue weighted by atomic mass is 35.5. The number of ether oxygens (including phenoxy) is 1. The predicted octanol–water partition coefficient (Wildman–Crippen LogP) is 1.64. The summed E-state index contributed by atoms with van der Waals surface area (Å²) >= 11 is 6.24. The highest BCUT2D eigenvalue weighted by molar-refractivity contribution is 6.34. The topological polar surface area (TPSA) is 81.6 Å². The number of carbonyl (C=O) groups is 1. The summed E-state index contributed by atoms with van der Waals surface area (Å²) in [6.45, 7) is 4.14. The van der Waals surface area contributed by atoms with Gasteiger partial charge in [0.2, 0.25) is 0 Å². The molecule has 1 aromatic carbocycles. The third-order valence-corrected chi connectivity index (χ3v) is 3.41. The summed E-state index contributed by atoms with van der Waals surface area (Å²) in [5, 5.41) is 0.447. The molecule has 0 aliphatic carbocycles. The number of hydrogen-bond donors (Lipinski definition) is 2. The highest BCUT2D eigenvalue weighted by Gasteiger charge is 2.22. The third kappa shape index (κ3) is 3.11. The lowest BCUT2D eigenvalue weighted by Gasteiger charge is -2.27. The van der Waals surface area contributed by atoms with Gasteiger partial charge >= 0.3 is 0 Å². The Morgan fingerprint density at radius 1 is 1.53 bits per heavy atom. The van der Waals surface area contributed by atoms with Crippen molar-refractivity contribution >= 4 is 28.9 Å². The molecule has 5 nitrogen and oxygen atoms in total. The SMILES string of the molecule is CC1CN(c2c(Cl)cc(N)cc2C(N)=O)CCCO1. The van der Waals surface area contributed by atoms with Crippen molar-refractivity contribution in [2.75, 3.05) is 30.3 Å². The van der Waals surface area contributed by atoms with E-state index >= 15 is 0 Å². The Labute approximate surface area is 117 Å². The molecule has 1 aliphatic rings. The number of nitrogens with zero attached hydrogens (tertiary/aromatic N) is 1. The summed E-state index contributed by atoms with van der Waals surface area (Å²) in [5.74, 6) is -0.526. The summed E-state index contributed by atoms with van der Waals surface area (Å²) in [5.41, 5.74) is 12.6. The monoisotopic (exact) mass is 283 g/mol. The van der Waals surface area contributed by atoms with Crippen molar-refractivity contribution in [2.24, 2.45) is 5.73 Å². The Bertz CT molecular complexity index is 493. The number of benzene rings is 1. The van der Waals surface area contributed by atoms with E-state index in [0.29, 0.717) is 35.1 Å². The second-order valence-corrected chi connectivity index (χ2v) is 5.15. The van der Waals surface area contributed by atoms with Crippen LogP contribution in [0.5, 0.6) is 0 Å². The van der Waals surface area contributed by atoms with E-state index in [1.165, 1.54) is 0 Å². The number of anilines is 2. The zero-order valence-electron chi connectivity index (χ0n) is 10.9. The van der Waals surface area contributed by atoms with E-state index < -0.39 is 5.91 Å². The van der Waals surface area contributed by atoms with Crippen LogP contribution < -0.4 is 16.4 Å². The van der Waals surface area contributed by atoms with E-state index in [4.69, 9.17) is 27.8 Å². The van der Waals surface area contributed by atoms with Gasteiger partial charge in [-0.2, -0.15) is 0 Å². The molecule has 1 saturated heterocycles. The summed E-state index contributed by atoms with van der Waals surface area (Å²) in [4.78, 5) is 13.6. The van der Waals surface area contributed by atoms with Gasteiger partial charge in [-0.1, -0.05) is 11.6 Å². The van der Waals surface area contributed by atoms with Gasteiger partial charge in [0.15, 0.2) is 0 Å². The number of hydrogen-bond acceptors (Lipinski definition) is 4. The largest absolute Gasteiger partial charge is 0.399 e. The summed E-state index contributed by atoms with van der Waals surface area (Å²) < 4.78 is 5.59. The molecular weight excluding hydrogens is 266 g/mol. The second kappa shape index (κ2) is 5.67. The molecule has 0 radical (unpaired) electrons. The quantitative estimate of drug-likeness (QED) is 0.809. The van der Waals surface area contributed by atoms with E-state index in [0.717, 1.165) is 13.0 Å². The Hall–Kier alpha value is -1.46. The van der Waals surface area contributed by atoms with Crippen LogP contribution in [0.15, 0.2) is 12.1 Å². The molecule has 1 unspecified atom stereocenters. The molecule has 1 aliphatic heterocycles. The molecular formula is C13H18ClN3O2. The average Bonchev–Trinajstić information content (AvgIpc) is 2.52. The van der Waals surface area contributed by atoms with Gasteiger partial charge in [0.1, 0.15) is 0 Å². The van der Waals surface area contributed by atoms with Crippen molar-refractivity contribution in [2.45, 2.75) is 19.4 Å². The van der Waals surface area contributed by atoms with E-state index in [9.17, 15) is 4.79 Å². The number of halogens is 1. The number of nitrogen functional groups attached to an aromatic ring is 1. The van der Waals surface area contributed by atoms with Crippen LogP contribution in [0.1, 0.15) is 23.7 Å². The summed E-state index contributed by atoms with van der Waals surface area (Å²) in [7, 11) is 0. The molecule has 1 aromatic rings. The number of rotatable bonds is 2. The first-order valence-corrected chi connectivity index (χ1v) is 6.62. The predicted molar refractivity (Wildman–Crippen MR) is 76.6 cm³/mol. The van der Waals surface area contributed by atoms with E-state index in [-0.39, 0.29) is 6.10 Å². The van der Waals surface area contributed by atoms with Crippen LogP contribution in [-0.2, 0) is 4.74 Å². The molecule has 0 aromatic heterocycles. The maximum atomic E-state index is 11.6. The van der Waals surface area contributed by atoms with Crippen LogP contribution >= 0.6 is 11.6 Å². The van der Waals surface area contributed by atoms with Crippen LogP contribution in [0.4, 0.5) is 11.4 Å². The highest BCUT2D eigenvalue weighted by Crippen LogP contribution is 2.33. The first-order valence-electron chi connectivity index (χ1n) is 6.24. The number of amides is 1. The lowest BCUT2D eigenvalue weighted by atomic mass is 10.1. The molecule has 6 heteroatoms. The smallest absolute Gasteiger partial charge is 0.250 e. The molecule has 0 saturated carbocycles.